The number of phenols is 1. The van der Waals surface area contributed by atoms with Gasteiger partial charge in [-0.1, -0.05) is 23.2 Å². The van der Waals surface area contributed by atoms with E-state index in [4.69, 9.17) is 35.4 Å². The van der Waals surface area contributed by atoms with Crippen molar-refractivity contribution in [2.24, 2.45) is 0 Å². The van der Waals surface area contributed by atoms with Gasteiger partial charge in [0, 0.05) is 16.9 Å². The van der Waals surface area contributed by atoms with Gasteiger partial charge >= 0.3 is 0 Å². The van der Waals surface area contributed by atoms with Crippen LogP contribution in [-0.4, -0.2) is 16.0 Å². The SMILES string of the molecule is CC(=O)c1ccc(NC(=S)Nc2cc(Cl)c(O)c(Cl)c2)cc1. The Hall–Kier alpha value is -1.82. The van der Waals surface area contributed by atoms with Crippen LogP contribution >= 0.6 is 35.4 Å². The molecule has 0 spiro atoms. The number of nitrogens with one attached hydrogen (secondary N) is 2. The number of ketones is 1. The first-order valence-corrected chi connectivity index (χ1v) is 7.40. The third kappa shape index (κ3) is 4.10. The third-order valence-electron chi connectivity index (χ3n) is 2.82. The molecule has 0 aliphatic carbocycles. The van der Waals surface area contributed by atoms with Crippen LogP contribution in [0.4, 0.5) is 11.4 Å². The largest absolute Gasteiger partial charge is 0.505 e. The van der Waals surface area contributed by atoms with Crippen molar-refractivity contribution in [3.05, 3.63) is 52.0 Å². The monoisotopic (exact) mass is 354 g/mol. The molecule has 0 saturated heterocycles. The summed E-state index contributed by atoms with van der Waals surface area (Å²) >= 11 is 16.9. The van der Waals surface area contributed by atoms with E-state index in [1.165, 1.54) is 19.1 Å². The highest BCUT2D eigenvalue weighted by Gasteiger charge is 2.08. The lowest BCUT2D eigenvalue weighted by Crippen LogP contribution is -2.19. The molecule has 0 aliphatic heterocycles. The number of hydrogen-bond acceptors (Lipinski definition) is 3. The second-order valence-corrected chi connectivity index (χ2v) is 5.72. The Morgan fingerprint density at radius 3 is 2.05 bits per heavy atom. The van der Waals surface area contributed by atoms with Gasteiger partial charge in [-0.15, -0.1) is 0 Å². The second-order valence-electron chi connectivity index (χ2n) is 4.50. The van der Waals surface area contributed by atoms with E-state index in [-0.39, 0.29) is 21.6 Å². The van der Waals surface area contributed by atoms with Crippen LogP contribution < -0.4 is 10.6 Å². The standard InChI is InChI=1S/C15H12Cl2N2O2S/c1-8(20)9-2-4-10(5-3-9)18-15(22)19-11-6-12(16)14(21)13(17)7-11/h2-7,21H,1H3,(H2,18,19,22). The van der Waals surface area contributed by atoms with Gasteiger partial charge in [0.25, 0.3) is 0 Å². The van der Waals surface area contributed by atoms with Crippen molar-refractivity contribution in [3.8, 4) is 5.75 Å². The van der Waals surface area contributed by atoms with Gasteiger partial charge in [0.2, 0.25) is 0 Å². The molecule has 0 bridgehead atoms. The predicted molar refractivity (Wildman–Crippen MR) is 94.4 cm³/mol. The molecule has 0 heterocycles. The van der Waals surface area contributed by atoms with Gasteiger partial charge in [-0.25, -0.2) is 0 Å². The number of carbonyl (C=O) groups is 1. The molecule has 0 fully saturated rings. The zero-order valence-corrected chi connectivity index (χ0v) is 13.8. The van der Waals surface area contributed by atoms with Gasteiger partial charge < -0.3 is 15.7 Å². The Morgan fingerprint density at radius 2 is 1.55 bits per heavy atom. The molecule has 0 saturated carbocycles. The summed E-state index contributed by atoms with van der Waals surface area (Å²) < 4.78 is 0. The van der Waals surface area contributed by atoms with Crippen molar-refractivity contribution < 1.29 is 9.90 Å². The Balaban J connectivity index is 2.05. The minimum atomic E-state index is -0.174. The lowest BCUT2D eigenvalue weighted by atomic mass is 10.1. The molecule has 114 valence electrons. The first-order chi connectivity index (χ1) is 10.4. The molecule has 4 nitrogen and oxygen atoms in total. The summed E-state index contributed by atoms with van der Waals surface area (Å²) in [5, 5.41) is 16.0. The molecule has 7 heteroatoms. The van der Waals surface area contributed by atoms with Crippen molar-refractivity contribution >= 4 is 57.7 Å². The van der Waals surface area contributed by atoms with E-state index in [0.717, 1.165) is 5.69 Å². The van der Waals surface area contributed by atoms with Crippen LogP contribution in [0.3, 0.4) is 0 Å². The summed E-state index contributed by atoms with van der Waals surface area (Å²) in [6.07, 6.45) is 0. The predicted octanol–water partition coefficient (Wildman–Crippen LogP) is 4.71. The molecule has 0 unspecified atom stereocenters. The smallest absolute Gasteiger partial charge is 0.175 e. The van der Waals surface area contributed by atoms with Crippen LogP contribution in [-0.2, 0) is 0 Å². The van der Waals surface area contributed by atoms with Crippen molar-refractivity contribution in [1.29, 1.82) is 0 Å². The lowest BCUT2D eigenvalue weighted by molar-refractivity contribution is 0.101. The van der Waals surface area contributed by atoms with E-state index in [9.17, 15) is 9.90 Å². The molecule has 0 amide bonds. The minimum Gasteiger partial charge on any atom is -0.505 e. The average Bonchev–Trinajstić information content (AvgIpc) is 2.45. The summed E-state index contributed by atoms with van der Waals surface area (Å²) in [4.78, 5) is 11.2. The highest BCUT2D eigenvalue weighted by Crippen LogP contribution is 2.34. The fraction of sp³-hybridized carbons (Fsp3) is 0.0667. The number of anilines is 2. The van der Waals surface area contributed by atoms with Gasteiger partial charge in [-0.3, -0.25) is 4.79 Å². The number of halogens is 2. The summed E-state index contributed by atoms with van der Waals surface area (Å²) in [6, 6.07) is 9.94. The fourth-order valence-electron chi connectivity index (χ4n) is 1.72. The highest BCUT2D eigenvalue weighted by atomic mass is 35.5. The lowest BCUT2D eigenvalue weighted by Gasteiger charge is -2.12. The van der Waals surface area contributed by atoms with E-state index in [0.29, 0.717) is 16.4 Å². The van der Waals surface area contributed by atoms with E-state index >= 15 is 0 Å². The summed E-state index contributed by atoms with van der Waals surface area (Å²) in [5.41, 5.74) is 1.91. The first kappa shape index (κ1) is 16.5. The number of phenolic OH excluding ortho intramolecular Hbond substituents is 1. The van der Waals surface area contributed by atoms with Crippen LogP contribution in [0.25, 0.3) is 0 Å². The first-order valence-electron chi connectivity index (χ1n) is 6.24. The topological polar surface area (TPSA) is 61.4 Å². The van der Waals surface area contributed by atoms with E-state index < -0.39 is 0 Å². The normalized spacial score (nSPS) is 10.1. The van der Waals surface area contributed by atoms with Gasteiger partial charge in [0.1, 0.15) is 0 Å². The summed E-state index contributed by atoms with van der Waals surface area (Å²) in [5.74, 6) is -0.173. The Bertz CT molecular complexity index is 710. The van der Waals surface area contributed by atoms with Crippen LogP contribution in [0.1, 0.15) is 17.3 Å². The molecule has 0 aromatic heterocycles. The molecule has 0 aliphatic rings. The molecule has 22 heavy (non-hydrogen) atoms. The number of Topliss-reactive ketones (excluding diaryl/α,β-unsaturated/α-hetero) is 1. The number of thiocarbonyl (C=S) groups is 1. The number of hydrogen-bond donors (Lipinski definition) is 3. The van der Waals surface area contributed by atoms with Gasteiger partial charge in [0.15, 0.2) is 16.6 Å². The molecular weight excluding hydrogens is 343 g/mol. The zero-order chi connectivity index (χ0) is 16.3. The van der Waals surface area contributed by atoms with Gasteiger partial charge in [-0.05, 0) is 55.5 Å². The van der Waals surface area contributed by atoms with Gasteiger partial charge in [-0.2, -0.15) is 0 Å². The zero-order valence-electron chi connectivity index (χ0n) is 11.5. The molecular formula is C15H12Cl2N2O2S. The number of aromatic hydroxyl groups is 1. The number of carbonyl (C=O) groups excluding carboxylic acids is 1. The Morgan fingerprint density at radius 1 is 1.05 bits per heavy atom. The summed E-state index contributed by atoms with van der Waals surface area (Å²) in [6.45, 7) is 1.51. The highest BCUT2D eigenvalue weighted by molar-refractivity contribution is 7.80. The maximum absolute atomic E-state index is 11.2. The minimum absolute atomic E-state index is 0.000582. The van der Waals surface area contributed by atoms with E-state index in [2.05, 4.69) is 10.6 Å². The number of benzene rings is 2. The van der Waals surface area contributed by atoms with E-state index in [1.807, 2.05) is 0 Å². The molecule has 2 aromatic carbocycles. The molecule has 2 rings (SSSR count). The number of rotatable bonds is 3. The molecule has 2 aromatic rings. The Labute approximate surface area is 143 Å². The quantitative estimate of drug-likeness (QED) is 0.423. The van der Waals surface area contributed by atoms with Crippen molar-refractivity contribution in [1.82, 2.24) is 0 Å². The summed E-state index contributed by atoms with van der Waals surface area (Å²) in [7, 11) is 0. The van der Waals surface area contributed by atoms with Crippen LogP contribution in [0, 0.1) is 0 Å². The maximum atomic E-state index is 11.2. The maximum Gasteiger partial charge on any atom is 0.175 e. The van der Waals surface area contributed by atoms with Crippen LogP contribution in [0.5, 0.6) is 5.75 Å². The molecule has 0 radical (unpaired) electrons. The van der Waals surface area contributed by atoms with Crippen molar-refractivity contribution in [2.75, 3.05) is 10.6 Å². The van der Waals surface area contributed by atoms with Crippen LogP contribution in [0.2, 0.25) is 10.0 Å². The Kier molecular flexibility index (Phi) is 5.24. The van der Waals surface area contributed by atoms with Crippen LogP contribution in [0.15, 0.2) is 36.4 Å². The van der Waals surface area contributed by atoms with Crippen molar-refractivity contribution in [3.63, 3.8) is 0 Å². The molecule has 0 atom stereocenters. The van der Waals surface area contributed by atoms with Gasteiger partial charge in [0.05, 0.1) is 10.0 Å². The third-order valence-corrected chi connectivity index (χ3v) is 3.60. The van der Waals surface area contributed by atoms with Crippen molar-refractivity contribution in [2.45, 2.75) is 6.92 Å². The average molecular weight is 355 g/mol. The second kappa shape index (κ2) is 6.96. The van der Waals surface area contributed by atoms with E-state index in [1.54, 1.807) is 24.3 Å². The molecule has 3 N–H and O–H groups in total. The fourth-order valence-corrected chi connectivity index (χ4v) is 2.44.